The van der Waals surface area contributed by atoms with Crippen molar-refractivity contribution in [1.82, 2.24) is 0 Å². The Morgan fingerprint density at radius 1 is 1.22 bits per heavy atom. The molecule has 0 aliphatic carbocycles. The van der Waals surface area contributed by atoms with Crippen molar-refractivity contribution < 1.29 is 9.53 Å². The quantitative estimate of drug-likeness (QED) is 0.664. The monoisotopic (exact) mass is 241 g/mol. The van der Waals surface area contributed by atoms with E-state index < -0.39 is 5.97 Å². The molecule has 0 bridgehead atoms. The number of hydrogen-bond acceptors (Lipinski definition) is 3. The smallest absolute Gasteiger partial charge is 0.332 e. The molecule has 0 radical (unpaired) electrons. The van der Waals surface area contributed by atoms with Crippen LogP contribution in [0.1, 0.15) is 12.5 Å². The second-order valence-corrected chi connectivity index (χ2v) is 3.91. The highest BCUT2D eigenvalue weighted by molar-refractivity contribution is 5.92. The molecule has 3 nitrogen and oxygen atoms in total. The first kappa shape index (κ1) is 12.2. The van der Waals surface area contributed by atoms with Crippen molar-refractivity contribution in [2.24, 2.45) is 5.73 Å². The van der Waals surface area contributed by atoms with E-state index in [9.17, 15) is 4.79 Å². The lowest BCUT2D eigenvalue weighted by molar-refractivity contribution is -0.137. The van der Waals surface area contributed by atoms with E-state index in [0.717, 1.165) is 16.3 Å². The fraction of sp³-hybridized carbons (Fsp3) is 0.133. The first-order valence-electron chi connectivity index (χ1n) is 5.84. The van der Waals surface area contributed by atoms with Crippen LogP contribution in [-0.2, 0) is 9.53 Å². The van der Waals surface area contributed by atoms with Gasteiger partial charge in [0.1, 0.15) is 0 Å². The van der Waals surface area contributed by atoms with Crippen LogP contribution in [0.15, 0.2) is 48.5 Å². The molecule has 0 amide bonds. The summed E-state index contributed by atoms with van der Waals surface area (Å²) in [6, 6.07) is 13.8. The minimum atomic E-state index is -0.414. The van der Waals surface area contributed by atoms with Crippen LogP contribution in [0, 0.1) is 0 Å². The topological polar surface area (TPSA) is 52.3 Å². The number of ether oxygens (including phenoxy) is 1. The molecule has 0 aliphatic heterocycles. The third-order valence-electron chi connectivity index (χ3n) is 2.64. The van der Waals surface area contributed by atoms with Gasteiger partial charge in [0.05, 0.1) is 6.61 Å². The minimum absolute atomic E-state index is 0.348. The molecule has 0 saturated carbocycles. The average molecular weight is 241 g/mol. The summed E-state index contributed by atoms with van der Waals surface area (Å²) in [4.78, 5) is 11.3. The molecule has 0 aromatic heterocycles. The first-order valence-corrected chi connectivity index (χ1v) is 5.84. The maximum atomic E-state index is 11.3. The van der Waals surface area contributed by atoms with Crippen LogP contribution in [0.5, 0.6) is 0 Å². The summed E-state index contributed by atoms with van der Waals surface area (Å²) in [5, 5.41) is 2.24. The highest BCUT2D eigenvalue weighted by Gasteiger charge is 2.02. The predicted octanol–water partition coefficient (Wildman–Crippen LogP) is 2.70. The summed E-state index contributed by atoms with van der Waals surface area (Å²) < 4.78 is 4.83. The van der Waals surface area contributed by atoms with Gasteiger partial charge in [-0.1, -0.05) is 36.4 Å². The fourth-order valence-electron chi connectivity index (χ4n) is 1.76. The second kappa shape index (κ2) is 5.36. The van der Waals surface area contributed by atoms with Crippen LogP contribution < -0.4 is 5.73 Å². The zero-order valence-electron chi connectivity index (χ0n) is 10.2. The molecular weight excluding hydrogens is 226 g/mol. The zero-order chi connectivity index (χ0) is 13.0. The molecule has 0 heterocycles. The van der Waals surface area contributed by atoms with Crippen LogP contribution in [0.4, 0.5) is 0 Å². The summed E-state index contributed by atoms with van der Waals surface area (Å²) in [5.41, 5.74) is 7.11. The van der Waals surface area contributed by atoms with Crippen LogP contribution in [-0.4, -0.2) is 12.6 Å². The van der Waals surface area contributed by atoms with Crippen LogP contribution >= 0.6 is 0 Å². The van der Waals surface area contributed by atoms with Crippen LogP contribution in [0.25, 0.3) is 16.5 Å². The third kappa shape index (κ3) is 2.69. The number of benzene rings is 2. The number of carbonyl (C=O) groups excluding carboxylic acids is 1. The van der Waals surface area contributed by atoms with Gasteiger partial charge in [-0.3, -0.25) is 0 Å². The summed E-state index contributed by atoms with van der Waals surface area (Å²) in [6.07, 6.45) is 1.31. The SMILES string of the molecule is CCOC(=O)/C=C(\N)c1ccc2ccccc2c1. The van der Waals surface area contributed by atoms with Crippen molar-refractivity contribution in [3.05, 3.63) is 54.1 Å². The minimum Gasteiger partial charge on any atom is -0.463 e. The molecule has 3 heteroatoms. The molecule has 0 atom stereocenters. The number of hydrogen-bond donors (Lipinski definition) is 1. The Morgan fingerprint density at radius 3 is 2.67 bits per heavy atom. The van der Waals surface area contributed by atoms with Crippen LogP contribution in [0.2, 0.25) is 0 Å². The van der Waals surface area contributed by atoms with Gasteiger partial charge < -0.3 is 10.5 Å². The molecule has 2 aromatic carbocycles. The van der Waals surface area contributed by atoms with Gasteiger partial charge in [-0.2, -0.15) is 0 Å². The van der Waals surface area contributed by atoms with Crippen molar-refractivity contribution in [3.8, 4) is 0 Å². The summed E-state index contributed by atoms with van der Waals surface area (Å²) in [7, 11) is 0. The van der Waals surface area contributed by atoms with Crippen molar-refractivity contribution in [2.45, 2.75) is 6.92 Å². The van der Waals surface area contributed by atoms with Crippen molar-refractivity contribution in [3.63, 3.8) is 0 Å². The van der Waals surface area contributed by atoms with Gasteiger partial charge in [-0.05, 0) is 29.3 Å². The van der Waals surface area contributed by atoms with Gasteiger partial charge in [0.25, 0.3) is 0 Å². The van der Waals surface area contributed by atoms with Crippen molar-refractivity contribution in [1.29, 1.82) is 0 Å². The van der Waals surface area contributed by atoms with E-state index in [1.807, 2.05) is 42.5 Å². The van der Waals surface area contributed by atoms with Gasteiger partial charge in [0.15, 0.2) is 0 Å². The normalized spacial score (nSPS) is 11.5. The van der Waals surface area contributed by atoms with Gasteiger partial charge in [-0.25, -0.2) is 4.79 Å². The van der Waals surface area contributed by atoms with Gasteiger partial charge >= 0.3 is 5.97 Å². The Balaban J connectivity index is 2.33. The van der Waals surface area contributed by atoms with E-state index in [-0.39, 0.29) is 0 Å². The Morgan fingerprint density at radius 2 is 1.94 bits per heavy atom. The lowest BCUT2D eigenvalue weighted by Crippen LogP contribution is -2.05. The van der Waals surface area contributed by atoms with E-state index in [0.29, 0.717) is 12.3 Å². The standard InChI is InChI=1S/C15H15NO2/c1-2-18-15(17)10-14(16)13-8-7-11-5-3-4-6-12(11)9-13/h3-10H,2,16H2,1H3/b14-10-. The number of rotatable bonds is 3. The van der Waals surface area contributed by atoms with E-state index in [1.165, 1.54) is 6.08 Å². The number of nitrogens with two attached hydrogens (primary N) is 1. The van der Waals surface area contributed by atoms with Crippen LogP contribution in [0.3, 0.4) is 0 Å². The molecule has 2 rings (SSSR count). The lowest BCUT2D eigenvalue weighted by Gasteiger charge is -2.04. The maximum absolute atomic E-state index is 11.3. The molecule has 92 valence electrons. The highest BCUT2D eigenvalue weighted by atomic mass is 16.5. The third-order valence-corrected chi connectivity index (χ3v) is 2.64. The number of carbonyl (C=O) groups is 1. The van der Waals surface area contributed by atoms with Crippen molar-refractivity contribution >= 4 is 22.4 Å². The lowest BCUT2D eigenvalue weighted by atomic mass is 10.1. The molecule has 0 spiro atoms. The molecule has 0 saturated heterocycles. The Bertz CT molecular complexity index is 602. The van der Waals surface area contributed by atoms with E-state index >= 15 is 0 Å². The number of fused-ring (bicyclic) bond motifs is 1. The predicted molar refractivity (Wildman–Crippen MR) is 72.7 cm³/mol. The summed E-state index contributed by atoms with van der Waals surface area (Å²) in [6.45, 7) is 2.11. The van der Waals surface area contributed by atoms with Crippen molar-refractivity contribution in [2.75, 3.05) is 6.61 Å². The molecule has 2 N–H and O–H groups in total. The van der Waals surface area contributed by atoms with Gasteiger partial charge in [-0.15, -0.1) is 0 Å². The maximum Gasteiger partial charge on any atom is 0.332 e. The Kier molecular flexibility index (Phi) is 3.63. The Hall–Kier alpha value is -2.29. The molecule has 2 aromatic rings. The van der Waals surface area contributed by atoms with E-state index in [4.69, 9.17) is 10.5 Å². The summed E-state index contributed by atoms with van der Waals surface area (Å²) in [5.74, 6) is -0.414. The molecular formula is C15H15NO2. The summed E-state index contributed by atoms with van der Waals surface area (Å²) >= 11 is 0. The second-order valence-electron chi connectivity index (χ2n) is 3.91. The Labute approximate surface area is 106 Å². The largest absolute Gasteiger partial charge is 0.463 e. The molecule has 0 aliphatic rings. The highest BCUT2D eigenvalue weighted by Crippen LogP contribution is 2.18. The average Bonchev–Trinajstić information content (AvgIpc) is 2.38. The first-order chi connectivity index (χ1) is 8.70. The van der Waals surface area contributed by atoms with E-state index in [2.05, 4.69) is 0 Å². The van der Waals surface area contributed by atoms with Gasteiger partial charge in [0, 0.05) is 11.8 Å². The fourth-order valence-corrected chi connectivity index (χ4v) is 1.76. The molecule has 18 heavy (non-hydrogen) atoms. The number of esters is 1. The zero-order valence-corrected chi connectivity index (χ0v) is 10.2. The molecule has 0 unspecified atom stereocenters. The molecule has 0 fully saturated rings. The van der Waals surface area contributed by atoms with Gasteiger partial charge in [0.2, 0.25) is 0 Å². The van der Waals surface area contributed by atoms with E-state index in [1.54, 1.807) is 6.92 Å².